The van der Waals surface area contributed by atoms with Gasteiger partial charge in [-0.25, -0.2) is 4.39 Å². The smallest absolute Gasteiger partial charge is 0.312 e. The van der Waals surface area contributed by atoms with E-state index in [4.69, 9.17) is 33.2 Å². The molecule has 0 bridgehead atoms. The molecular formula is C12H8Cl2FNO2. The molecule has 1 aliphatic carbocycles. The fourth-order valence-corrected chi connectivity index (χ4v) is 1.96. The Kier molecular flexibility index (Phi) is 3.47. The molecule has 0 aromatic heterocycles. The molecule has 0 radical (unpaired) electrons. The van der Waals surface area contributed by atoms with Crippen LogP contribution in [0.3, 0.4) is 0 Å². The summed E-state index contributed by atoms with van der Waals surface area (Å²) in [5, 5.41) is 8.68. The Labute approximate surface area is 113 Å². The number of rotatable bonds is 3. The van der Waals surface area contributed by atoms with E-state index < -0.39 is 22.0 Å². The number of carbonyl (C=O) groups is 1. The lowest BCUT2D eigenvalue weighted by atomic mass is 10.1. The van der Waals surface area contributed by atoms with Gasteiger partial charge in [0, 0.05) is 5.56 Å². The van der Waals surface area contributed by atoms with Crippen LogP contribution < -0.4 is 0 Å². The fourth-order valence-electron chi connectivity index (χ4n) is 1.47. The first-order chi connectivity index (χ1) is 8.44. The monoisotopic (exact) mass is 287 g/mol. The van der Waals surface area contributed by atoms with Gasteiger partial charge in [0.25, 0.3) is 0 Å². The number of hydrogen-bond donors (Lipinski definition) is 0. The number of esters is 1. The Morgan fingerprint density at radius 2 is 2.28 bits per heavy atom. The Bertz CT molecular complexity index is 539. The van der Waals surface area contributed by atoms with Crippen molar-refractivity contribution in [1.29, 1.82) is 5.26 Å². The molecule has 3 nitrogen and oxygen atoms in total. The molecule has 0 saturated heterocycles. The van der Waals surface area contributed by atoms with Gasteiger partial charge in [-0.15, -0.1) is 23.2 Å². The molecule has 0 aliphatic heterocycles. The fraction of sp³-hybridized carbons (Fsp3) is 0.333. The average Bonchev–Trinajstić information content (AvgIpc) is 2.97. The van der Waals surface area contributed by atoms with Gasteiger partial charge in [0.05, 0.1) is 17.6 Å². The Morgan fingerprint density at radius 1 is 1.61 bits per heavy atom. The van der Waals surface area contributed by atoms with Crippen molar-refractivity contribution in [3.63, 3.8) is 0 Å². The summed E-state index contributed by atoms with van der Waals surface area (Å²) >= 11 is 11.4. The molecule has 1 aromatic rings. The molecule has 1 unspecified atom stereocenters. The van der Waals surface area contributed by atoms with Gasteiger partial charge < -0.3 is 4.74 Å². The molecule has 1 aromatic carbocycles. The van der Waals surface area contributed by atoms with Crippen LogP contribution in [0.5, 0.6) is 0 Å². The Balaban J connectivity index is 1.99. The molecule has 94 valence electrons. The number of carbonyl (C=O) groups excluding carboxylic acids is 1. The van der Waals surface area contributed by atoms with Gasteiger partial charge in [-0.3, -0.25) is 4.79 Å². The number of nitriles is 1. The van der Waals surface area contributed by atoms with E-state index in [-0.39, 0.29) is 12.2 Å². The van der Waals surface area contributed by atoms with Crippen molar-refractivity contribution in [2.24, 2.45) is 5.92 Å². The van der Waals surface area contributed by atoms with Crippen molar-refractivity contribution in [3.8, 4) is 6.07 Å². The molecule has 0 heterocycles. The molecule has 2 rings (SSSR count). The molecule has 18 heavy (non-hydrogen) atoms. The van der Waals surface area contributed by atoms with Crippen LogP contribution in [-0.4, -0.2) is 10.3 Å². The van der Waals surface area contributed by atoms with E-state index in [0.717, 1.165) is 6.07 Å². The number of ether oxygens (including phenoxy) is 1. The van der Waals surface area contributed by atoms with E-state index in [2.05, 4.69) is 0 Å². The van der Waals surface area contributed by atoms with Crippen LogP contribution in [0.15, 0.2) is 18.2 Å². The minimum absolute atomic E-state index is 0.151. The van der Waals surface area contributed by atoms with E-state index in [9.17, 15) is 9.18 Å². The third-order valence-electron chi connectivity index (χ3n) is 2.66. The van der Waals surface area contributed by atoms with Crippen molar-refractivity contribution in [1.82, 2.24) is 0 Å². The molecule has 0 spiro atoms. The first kappa shape index (κ1) is 13.1. The summed E-state index contributed by atoms with van der Waals surface area (Å²) < 4.78 is 17.2. The second-order valence-corrected chi connectivity index (χ2v) is 5.59. The average molecular weight is 288 g/mol. The van der Waals surface area contributed by atoms with Crippen molar-refractivity contribution < 1.29 is 13.9 Å². The predicted octanol–water partition coefficient (Wildman–Crippen LogP) is 2.93. The van der Waals surface area contributed by atoms with Crippen molar-refractivity contribution in [2.75, 3.05) is 0 Å². The Hall–Kier alpha value is -1.31. The zero-order chi connectivity index (χ0) is 13.3. The standard InChI is InChI=1S/C12H8Cl2FNO2/c13-12(14)4-9(12)11(17)18-6-8-3-7(5-16)1-2-10(8)15/h1-3,9H,4,6H2. The maximum atomic E-state index is 13.4. The predicted molar refractivity (Wildman–Crippen MR) is 63.5 cm³/mol. The van der Waals surface area contributed by atoms with Crippen LogP contribution in [0.4, 0.5) is 4.39 Å². The van der Waals surface area contributed by atoms with E-state index in [1.54, 1.807) is 0 Å². The first-order valence-corrected chi connectivity index (χ1v) is 5.92. The van der Waals surface area contributed by atoms with Crippen LogP contribution in [0.1, 0.15) is 17.5 Å². The second-order valence-electron chi connectivity index (χ2n) is 4.04. The lowest BCUT2D eigenvalue weighted by molar-refractivity contribution is -0.146. The van der Waals surface area contributed by atoms with Crippen LogP contribution in [0, 0.1) is 23.1 Å². The third kappa shape index (κ3) is 2.74. The van der Waals surface area contributed by atoms with Gasteiger partial charge in [0.1, 0.15) is 16.8 Å². The molecule has 1 atom stereocenters. The molecule has 1 saturated carbocycles. The third-order valence-corrected chi connectivity index (χ3v) is 3.49. The summed E-state index contributed by atoms with van der Waals surface area (Å²) in [5.41, 5.74) is 0.454. The van der Waals surface area contributed by atoms with Gasteiger partial charge in [-0.1, -0.05) is 0 Å². The number of alkyl halides is 2. The van der Waals surface area contributed by atoms with E-state index in [1.165, 1.54) is 12.1 Å². The summed E-state index contributed by atoms with van der Waals surface area (Å²) in [6.45, 7) is -0.236. The van der Waals surface area contributed by atoms with Crippen molar-refractivity contribution >= 4 is 29.2 Å². The van der Waals surface area contributed by atoms with E-state index in [0.29, 0.717) is 12.0 Å². The van der Waals surface area contributed by atoms with Crippen molar-refractivity contribution in [2.45, 2.75) is 17.4 Å². The molecule has 1 fully saturated rings. The summed E-state index contributed by atoms with van der Waals surface area (Å²) in [7, 11) is 0. The highest BCUT2D eigenvalue weighted by atomic mass is 35.5. The zero-order valence-electron chi connectivity index (χ0n) is 9.12. The van der Waals surface area contributed by atoms with Gasteiger partial charge in [0.2, 0.25) is 0 Å². The second kappa shape index (κ2) is 4.75. The lowest BCUT2D eigenvalue weighted by Crippen LogP contribution is -2.11. The molecule has 6 heteroatoms. The number of nitrogens with zero attached hydrogens (tertiary/aromatic N) is 1. The van der Waals surface area contributed by atoms with Gasteiger partial charge in [-0.05, 0) is 24.6 Å². The summed E-state index contributed by atoms with van der Waals surface area (Å²) in [5.74, 6) is -1.63. The zero-order valence-corrected chi connectivity index (χ0v) is 10.6. The maximum Gasteiger partial charge on any atom is 0.312 e. The van der Waals surface area contributed by atoms with Crippen LogP contribution in [0.25, 0.3) is 0 Å². The van der Waals surface area contributed by atoms with Gasteiger partial charge in [-0.2, -0.15) is 5.26 Å². The normalized spacial score (nSPS) is 20.0. The van der Waals surface area contributed by atoms with Gasteiger partial charge >= 0.3 is 5.97 Å². The van der Waals surface area contributed by atoms with Gasteiger partial charge in [0.15, 0.2) is 0 Å². The number of halogens is 3. The minimum atomic E-state index is -1.05. The van der Waals surface area contributed by atoms with Crippen molar-refractivity contribution in [3.05, 3.63) is 35.1 Å². The van der Waals surface area contributed by atoms with Crippen LogP contribution >= 0.6 is 23.2 Å². The number of hydrogen-bond acceptors (Lipinski definition) is 3. The Morgan fingerprint density at radius 3 is 2.83 bits per heavy atom. The molecule has 0 amide bonds. The highest BCUT2D eigenvalue weighted by molar-refractivity contribution is 6.52. The molecular weight excluding hydrogens is 280 g/mol. The van der Waals surface area contributed by atoms with Crippen LogP contribution in [0.2, 0.25) is 0 Å². The molecule has 1 aliphatic rings. The quantitative estimate of drug-likeness (QED) is 0.634. The largest absolute Gasteiger partial charge is 0.460 e. The highest BCUT2D eigenvalue weighted by Crippen LogP contribution is 2.53. The summed E-state index contributed by atoms with van der Waals surface area (Å²) in [4.78, 5) is 11.5. The molecule has 0 N–H and O–H groups in total. The SMILES string of the molecule is N#Cc1ccc(F)c(COC(=O)C2CC2(Cl)Cl)c1. The summed E-state index contributed by atoms with van der Waals surface area (Å²) in [6, 6.07) is 5.73. The lowest BCUT2D eigenvalue weighted by Gasteiger charge is -2.06. The topological polar surface area (TPSA) is 50.1 Å². The van der Waals surface area contributed by atoms with E-state index in [1.807, 2.05) is 6.07 Å². The minimum Gasteiger partial charge on any atom is -0.460 e. The summed E-state index contributed by atoms with van der Waals surface area (Å²) in [6.07, 6.45) is 0.343. The highest BCUT2D eigenvalue weighted by Gasteiger charge is 2.57. The number of benzene rings is 1. The van der Waals surface area contributed by atoms with Crippen LogP contribution in [-0.2, 0) is 16.1 Å². The maximum absolute atomic E-state index is 13.4. The first-order valence-electron chi connectivity index (χ1n) is 5.17. The van der Waals surface area contributed by atoms with E-state index >= 15 is 0 Å².